The number of nitrogens with zero attached hydrogens (tertiary/aromatic N) is 1. The maximum Gasteiger partial charge on any atom is 0.257 e. The zero-order valence-electron chi connectivity index (χ0n) is 9.65. The smallest absolute Gasteiger partial charge is 0.257 e. The van der Waals surface area contributed by atoms with E-state index in [1.54, 1.807) is 17.0 Å². The summed E-state index contributed by atoms with van der Waals surface area (Å²) in [4.78, 5) is 13.8. The molecule has 0 aromatic heterocycles. The molecule has 1 saturated heterocycles. The lowest BCUT2D eigenvalue weighted by molar-refractivity contribution is 0.0651. The maximum absolute atomic E-state index is 13.5. The zero-order valence-corrected chi connectivity index (χ0v) is 10.5. The van der Waals surface area contributed by atoms with E-state index in [1.807, 2.05) is 6.92 Å². The van der Waals surface area contributed by atoms with Gasteiger partial charge in [0.25, 0.3) is 5.91 Å². The van der Waals surface area contributed by atoms with E-state index in [4.69, 9.17) is 0 Å². The van der Waals surface area contributed by atoms with Gasteiger partial charge in [-0.05, 0) is 19.1 Å². The van der Waals surface area contributed by atoms with E-state index < -0.39 is 5.82 Å². The Kier molecular flexibility index (Phi) is 4.90. The molecule has 0 unspecified atom stereocenters. The normalized spacial score (nSPS) is 19.6. The first-order valence-electron chi connectivity index (χ1n) is 5.46. The molecule has 1 aromatic rings. The number of hydrogen-bond acceptors (Lipinski definition) is 2. The topological polar surface area (TPSA) is 32.3 Å². The predicted molar refractivity (Wildman–Crippen MR) is 67.0 cm³/mol. The minimum atomic E-state index is -0.446. The second kappa shape index (κ2) is 5.98. The van der Waals surface area contributed by atoms with E-state index in [-0.39, 0.29) is 29.9 Å². The molecule has 94 valence electrons. The Morgan fingerprint density at radius 1 is 1.47 bits per heavy atom. The molecule has 1 N–H and O–H groups in total. The molecule has 1 atom stereocenters. The minimum Gasteiger partial charge on any atom is -0.333 e. The van der Waals surface area contributed by atoms with Crippen LogP contribution >= 0.6 is 12.4 Å². The summed E-state index contributed by atoms with van der Waals surface area (Å²) in [5.41, 5.74) is 0.163. The van der Waals surface area contributed by atoms with Gasteiger partial charge in [-0.15, -0.1) is 12.4 Å². The van der Waals surface area contributed by atoms with Gasteiger partial charge in [0.2, 0.25) is 0 Å². The van der Waals surface area contributed by atoms with E-state index in [0.29, 0.717) is 6.54 Å². The Labute approximate surface area is 106 Å². The number of rotatable bonds is 1. The van der Waals surface area contributed by atoms with Gasteiger partial charge in [0, 0.05) is 25.7 Å². The van der Waals surface area contributed by atoms with Gasteiger partial charge in [-0.25, -0.2) is 4.39 Å². The van der Waals surface area contributed by atoms with Gasteiger partial charge in [-0.2, -0.15) is 0 Å². The van der Waals surface area contributed by atoms with Crippen molar-refractivity contribution in [2.75, 3.05) is 19.6 Å². The third-order valence-electron chi connectivity index (χ3n) is 2.87. The molecule has 0 saturated carbocycles. The van der Waals surface area contributed by atoms with Crippen LogP contribution in [0, 0.1) is 5.82 Å². The van der Waals surface area contributed by atoms with Gasteiger partial charge < -0.3 is 10.2 Å². The van der Waals surface area contributed by atoms with Gasteiger partial charge in [0.05, 0.1) is 5.56 Å². The average molecular weight is 259 g/mol. The van der Waals surface area contributed by atoms with Crippen molar-refractivity contribution in [2.45, 2.75) is 13.0 Å². The molecular formula is C12H16ClFN2O. The first kappa shape index (κ1) is 13.9. The van der Waals surface area contributed by atoms with Crippen LogP contribution in [0.3, 0.4) is 0 Å². The third-order valence-corrected chi connectivity index (χ3v) is 2.87. The molecule has 0 spiro atoms. The summed E-state index contributed by atoms with van der Waals surface area (Å²) >= 11 is 0. The highest BCUT2D eigenvalue weighted by atomic mass is 35.5. The van der Waals surface area contributed by atoms with Crippen molar-refractivity contribution in [1.29, 1.82) is 0 Å². The summed E-state index contributed by atoms with van der Waals surface area (Å²) in [6, 6.07) is 6.24. The highest BCUT2D eigenvalue weighted by Crippen LogP contribution is 2.13. The average Bonchev–Trinajstić information content (AvgIpc) is 2.29. The molecule has 1 amide bonds. The second-order valence-corrected chi connectivity index (χ2v) is 4.03. The van der Waals surface area contributed by atoms with Crippen molar-refractivity contribution >= 4 is 18.3 Å². The molecule has 17 heavy (non-hydrogen) atoms. The highest BCUT2D eigenvalue weighted by molar-refractivity contribution is 5.94. The summed E-state index contributed by atoms with van der Waals surface area (Å²) in [5, 5.41) is 3.20. The van der Waals surface area contributed by atoms with Gasteiger partial charge >= 0.3 is 0 Å². The van der Waals surface area contributed by atoms with Crippen molar-refractivity contribution < 1.29 is 9.18 Å². The lowest BCUT2D eigenvalue weighted by atomic mass is 10.1. The van der Waals surface area contributed by atoms with E-state index in [1.165, 1.54) is 12.1 Å². The molecule has 1 heterocycles. The first-order chi connectivity index (χ1) is 7.70. The van der Waals surface area contributed by atoms with E-state index in [2.05, 4.69) is 5.32 Å². The summed E-state index contributed by atoms with van der Waals surface area (Å²) < 4.78 is 13.5. The van der Waals surface area contributed by atoms with Crippen molar-refractivity contribution in [3.63, 3.8) is 0 Å². The number of halogens is 2. The molecule has 1 aliphatic rings. The zero-order chi connectivity index (χ0) is 11.5. The van der Waals surface area contributed by atoms with Crippen LogP contribution in [0.2, 0.25) is 0 Å². The quantitative estimate of drug-likeness (QED) is 0.831. The number of nitrogens with one attached hydrogen (secondary N) is 1. The number of carbonyl (C=O) groups excluding carboxylic acids is 1. The molecule has 1 aromatic carbocycles. The Hall–Kier alpha value is -1.13. The van der Waals surface area contributed by atoms with Crippen LogP contribution in [0.5, 0.6) is 0 Å². The van der Waals surface area contributed by atoms with E-state index >= 15 is 0 Å². The van der Waals surface area contributed by atoms with Gasteiger partial charge in [-0.1, -0.05) is 12.1 Å². The van der Waals surface area contributed by atoms with Crippen LogP contribution in [-0.2, 0) is 0 Å². The fraction of sp³-hybridized carbons (Fsp3) is 0.417. The first-order valence-corrected chi connectivity index (χ1v) is 5.46. The fourth-order valence-corrected chi connectivity index (χ4v) is 1.93. The molecule has 1 aliphatic heterocycles. The predicted octanol–water partition coefficient (Wildman–Crippen LogP) is 1.68. The summed E-state index contributed by atoms with van der Waals surface area (Å²) in [7, 11) is 0. The van der Waals surface area contributed by atoms with Crippen molar-refractivity contribution in [3.05, 3.63) is 35.6 Å². The Morgan fingerprint density at radius 3 is 2.82 bits per heavy atom. The molecule has 0 aliphatic carbocycles. The highest BCUT2D eigenvalue weighted by Gasteiger charge is 2.25. The lowest BCUT2D eigenvalue weighted by Crippen LogP contribution is -2.52. The van der Waals surface area contributed by atoms with E-state index in [0.717, 1.165) is 13.1 Å². The molecule has 0 bridgehead atoms. The summed E-state index contributed by atoms with van der Waals surface area (Å²) in [6.07, 6.45) is 0. The molecule has 1 fully saturated rings. The molecule has 0 radical (unpaired) electrons. The van der Waals surface area contributed by atoms with Crippen LogP contribution in [0.15, 0.2) is 24.3 Å². The Bertz CT molecular complexity index is 400. The fourth-order valence-electron chi connectivity index (χ4n) is 1.93. The molecular weight excluding hydrogens is 243 g/mol. The van der Waals surface area contributed by atoms with Crippen LogP contribution in [0.4, 0.5) is 4.39 Å². The van der Waals surface area contributed by atoms with E-state index in [9.17, 15) is 9.18 Å². The SMILES string of the molecule is C[C@H]1CNCCN1C(=O)c1ccccc1F.Cl. The standard InChI is InChI=1S/C12H15FN2O.ClH/c1-9-8-14-6-7-15(9)12(16)10-4-2-3-5-11(10)13;/h2-5,9,14H,6-8H2,1H3;1H/t9-;/m0./s1. The third kappa shape index (κ3) is 2.96. The summed E-state index contributed by atoms with van der Waals surface area (Å²) in [6.45, 7) is 4.13. The number of piperazine rings is 1. The van der Waals surface area contributed by atoms with Crippen LogP contribution in [0.1, 0.15) is 17.3 Å². The van der Waals surface area contributed by atoms with Gasteiger partial charge in [0.1, 0.15) is 5.82 Å². The number of amides is 1. The number of benzene rings is 1. The Morgan fingerprint density at radius 2 is 2.18 bits per heavy atom. The number of hydrogen-bond donors (Lipinski definition) is 1. The monoisotopic (exact) mass is 258 g/mol. The van der Waals surface area contributed by atoms with Crippen LogP contribution in [-0.4, -0.2) is 36.5 Å². The van der Waals surface area contributed by atoms with Crippen molar-refractivity contribution in [1.82, 2.24) is 10.2 Å². The van der Waals surface area contributed by atoms with Crippen molar-refractivity contribution in [2.24, 2.45) is 0 Å². The molecule has 5 heteroatoms. The molecule has 3 nitrogen and oxygen atoms in total. The minimum absolute atomic E-state index is 0. The summed E-state index contributed by atoms with van der Waals surface area (Å²) in [5.74, 6) is -0.662. The maximum atomic E-state index is 13.5. The van der Waals surface area contributed by atoms with Gasteiger partial charge in [-0.3, -0.25) is 4.79 Å². The van der Waals surface area contributed by atoms with Crippen LogP contribution < -0.4 is 5.32 Å². The van der Waals surface area contributed by atoms with Crippen LogP contribution in [0.25, 0.3) is 0 Å². The van der Waals surface area contributed by atoms with Gasteiger partial charge in [0.15, 0.2) is 0 Å². The second-order valence-electron chi connectivity index (χ2n) is 4.03. The number of carbonyl (C=O) groups is 1. The van der Waals surface area contributed by atoms with Crippen molar-refractivity contribution in [3.8, 4) is 0 Å². The largest absolute Gasteiger partial charge is 0.333 e. The molecule has 2 rings (SSSR count). The lowest BCUT2D eigenvalue weighted by Gasteiger charge is -2.34. The Balaban J connectivity index is 0.00000144.